The average Bonchev–Trinajstić information content (AvgIpc) is 2.83. The smallest absolute Gasteiger partial charge is 0.306 e. The van der Waals surface area contributed by atoms with Crippen molar-refractivity contribution >= 4 is 23.2 Å². The first kappa shape index (κ1) is 16.0. The van der Waals surface area contributed by atoms with Crippen LogP contribution in [-0.4, -0.2) is 36.0 Å². The molecule has 1 aliphatic heterocycles. The van der Waals surface area contributed by atoms with E-state index in [2.05, 4.69) is 0 Å². The molecule has 1 aromatic heterocycles. The Kier molecular flexibility index (Phi) is 5.39. The number of amides is 1. The molecule has 1 amide bonds. The van der Waals surface area contributed by atoms with Crippen LogP contribution < -0.4 is 0 Å². The van der Waals surface area contributed by atoms with Gasteiger partial charge in [0.05, 0.1) is 17.4 Å². The SMILES string of the molecule is Cc1ccsc1C(=O)N1CCC[C@@H](CC(=O)OC(C)C)C1. The summed E-state index contributed by atoms with van der Waals surface area (Å²) in [6.07, 6.45) is 2.27. The number of ether oxygens (including phenoxy) is 1. The molecule has 0 radical (unpaired) electrons. The van der Waals surface area contributed by atoms with Crippen molar-refractivity contribution in [1.82, 2.24) is 4.90 Å². The lowest BCUT2D eigenvalue weighted by atomic mass is 9.94. The van der Waals surface area contributed by atoms with Crippen LogP contribution in [0.1, 0.15) is 48.3 Å². The van der Waals surface area contributed by atoms with Gasteiger partial charge in [-0.1, -0.05) is 0 Å². The second kappa shape index (κ2) is 7.07. The van der Waals surface area contributed by atoms with Gasteiger partial charge in [0.15, 0.2) is 0 Å². The maximum Gasteiger partial charge on any atom is 0.306 e. The van der Waals surface area contributed by atoms with Crippen molar-refractivity contribution in [3.8, 4) is 0 Å². The molecule has 1 aliphatic rings. The minimum atomic E-state index is -0.156. The Morgan fingerprint density at radius 3 is 2.86 bits per heavy atom. The van der Waals surface area contributed by atoms with Gasteiger partial charge in [-0.3, -0.25) is 9.59 Å². The van der Waals surface area contributed by atoms with Crippen molar-refractivity contribution in [2.45, 2.75) is 46.1 Å². The van der Waals surface area contributed by atoms with Gasteiger partial charge in [0.2, 0.25) is 0 Å². The number of esters is 1. The van der Waals surface area contributed by atoms with Crippen molar-refractivity contribution in [2.24, 2.45) is 5.92 Å². The lowest BCUT2D eigenvalue weighted by Crippen LogP contribution is -2.40. The quantitative estimate of drug-likeness (QED) is 0.802. The number of carbonyl (C=O) groups excluding carboxylic acids is 2. The van der Waals surface area contributed by atoms with Gasteiger partial charge in [-0.2, -0.15) is 0 Å². The Balaban J connectivity index is 1.93. The fraction of sp³-hybridized carbons (Fsp3) is 0.625. The molecule has 1 saturated heterocycles. The summed E-state index contributed by atoms with van der Waals surface area (Å²) in [7, 11) is 0. The molecule has 21 heavy (non-hydrogen) atoms. The number of likely N-dealkylation sites (tertiary alicyclic amines) is 1. The maximum atomic E-state index is 12.5. The average molecular weight is 309 g/mol. The van der Waals surface area contributed by atoms with Crippen LogP contribution in [-0.2, 0) is 9.53 Å². The third-order valence-electron chi connectivity index (χ3n) is 3.69. The predicted molar refractivity (Wildman–Crippen MR) is 83.5 cm³/mol. The molecule has 1 aromatic rings. The van der Waals surface area contributed by atoms with Gasteiger partial charge in [-0.05, 0) is 56.5 Å². The van der Waals surface area contributed by atoms with E-state index >= 15 is 0 Å². The summed E-state index contributed by atoms with van der Waals surface area (Å²) in [4.78, 5) is 27.0. The van der Waals surface area contributed by atoms with E-state index in [1.807, 2.05) is 37.1 Å². The predicted octanol–water partition coefficient (Wildman–Crippen LogP) is 3.25. The fourth-order valence-electron chi connectivity index (χ4n) is 2.70. The molecule has 5 heteroatoms. The van der Waals surface area contributed by atoms with Crippen molar-refractivity contribution < 1.29 is 14.3 Å². The van der Waals surface area contributed by atoms with Crippen LogP contribution in [0, 0.1) is 12.8 Å². The van der Waals surface area contributed by atoms with Crippen LogP contribution in [0.25, 0.3) is 0 Å². The zero-order valence-corrected chi connectivity index (χ0v) is 13.7. The molecule has 0 bridgehead atoms. The molecule has 1 atom stereocenters. The topological polar surface area (TPSA) is 46.6 Å². The summed E-state index contributed by atoms with van der Waals surface area (Å²) >= 11 is 1.49. The number of thiophene rings is 1. The second-order valence-electron chi connectivity index (χ2n) is 5.93. The van der Waals surface area contributed by atoms with Crippen LogP contribution in [0.3, 0.4) is 0 Å². The van der Waals surface area contributed by atoms with Gasteiger partial charge < -0.3 is 9.64 Å². The maximum absolute atomic E-state index is 12.5. The number of rotatable bonds is 4. The molecule has 4 nitrogen and oxygen atoms in total. The Bertz CT molecular complexity index is 509. The minimum absolute atomic E-state index is 0.0763. The Hall–Kier alpha value is -1.36. The van der Waals surface area contributed by atoms with E-state index in [9.17, 15) is 9.59 Å². The van der Waals surface area contributed by atoms with E-state index in [0.717, 1.165) is 29.8 Å². The highest BCUT2D eigenvalue weighted by Gasteiger charge is 2.27. The van der Waals surface area contributed by atoms with Crippen molar-refractivity contribution in [2.75, 3.05) is 13.1 Å². The molecule has 0 saturated carbocycles. The zero-order valence-electron chi connectivity index (χ0n) is 12.9. The van der Waals surface area contributed by atoms with E-state index in [1.54, 1.807) is 0 Å². The standard InChI is InChI=1S/C16H23NO3S/c1-11(2)20-14(18)9-13-5-4-7-17(10-13)16(19)15-12(3)6-8-21-15/h6,8,11,13H,4-5,7,9-10H2,1-3H3/t13-/m0/s1. The van der Waals surface area contributed by atoms with Gasteiger partial charge in [-0.15, -0.1) is 11.3 Å². The van der Waals surface area contributed by atoms with Crippen molar-refractivity contribution in [3.63, 3.8) is 0 Å². The Morgan fingerprint density at radius 1 is 1.48 bits per heavy atom. The van der Waals surface area contributed by atoms with Crippen LogP contribution in [0.15, 0.2) is 11.4 Å². The lowest BCUT2D eigenvalue weighted by Gasteiger charge is -2.32. The number of aryl methyl sites for hydroxylation is 1. The molecule has 1 fully saturated rings. The molecule has 0 spiro atoms. The molecule has 2 rings (SSSR count). The Morgan fingerprint density at radius 2 is 2.24 bits per heavy atom. The first-order valence-electron chi connectivity index (χ1n) is 7.50. The minimum Gasteiger partial charge on any atom is -0.463 e. The molecule has 0 aliphatic carbocycles. The molecule has 0 N–H and O–H groups in total. The van der Waals surface area contributed by atoms with Crippen LogP contribution >= 0.6 is 11.3 Å². The van der Waals surface area contributed by atoms with Gasteiger partial charge >= 0.3 is 5.97 Å². The second-order valence-corrected chi connectivity index (χ2v) is 6.85. The van der Waals surface area contributed by atoms with Crippen LogP contribution in [0.2, 0.25) is 0 Å². The van der Waals surface area contributed by atoms with Gasteiger partial charge in [0, 0.05) is 13.1 Å². The van der Waals surface area contributed by atoms with E-state index in [-0.39, 0.29) is 23.9 Å². The summed E-state index contributed by atoms with van der Waals surface area (Å²) < 4.78 is 5.20. The van der Waals surface area contributed by atoms with Crippen LogP contribution in [0.4, 0.5) is 0 Å². The number of nitrogens with zero attached hydrogens (tertiary/aromatic N) is 1. The molecular weight excluding hydrogens is 286 g/mol. The van der Waals surface area contributed by atoms with E-state index in [4.69, 9.17) is 4.74 Å². The summed E-state index contributed by atoms with van der Waals surface area (Å²) in [6.45, 7) is 7.11. The lowest BCUT2D eigenvalue weighted by molar-refractivity contribution is -0.148. The number of carbonyl (C=O) groups is 2. The fourth-order valence-corrected chi connectivity index (χ4v) is 3.59. The third kappa shape index (κ3) is 4.30. The largest absolute Gasteiger partial charge is 0.463 e. The number of piperidine rings is 1. The zero-order chi connectivity index (χ0) is 15.4. The summed E-state index contributed by atoms with van der Waals surface area (Å²) in [5.41, 5.74) is 1.03. The van der Waals surface area contributed by atoms with Crippen molar-refractivity contribution in [3.05, 3.63) is 21.9 Å². The number of hydrogen-bond donors (Lipinski definition) is 0. The summed E-state index contributed by atoms with van der Waals surface area (Å²) in [5, 5.41) is 1.95. The molecule has 0 aromatic carbocycles. The van der Waals surface area contributed by atoms with Crippen LogP contribution in [0.5, 0.6) is 0 Å². The van der Waals surface area contributed by atoms with E-state index in [0.29, 0.717) is 13.0 Å². The van der Waals surface area contributed by atoms with E-state index in [1.165, 1.54) is 11.3 Å². The van der Waals surface area contributed by atoms with Gasteiger partial charge in [0.25, 0.3) is 5.91 Å². The summed E-state index contributed by atoms with van der Waals surface area (Å²) in [5.74, 6) is 0.162. The monoisotopic (exact) mass is 309 g/mol. The number of hydrogen-bond acceptors (Lipinski definition) is 4. The van der Waals surface area contributed by atoms with Gasteiger partial charge in [-0.25, -0.2) is 0 Å². The molecule has 0 unspecified atom stereocenters. The molecule has 116 valence electrons. The highest BCUT2D eigenvalue weighted by molar-refractivity contribution is 7.12. The highest BCUT2D eigenvalue weighted by atomic mass is 32.1. The van der Waals surface area contributed by atoms with Crippen molar-refractivity contribution in [1.29, 1.82) is 0 Å². The highest BCUT2D eigenvalue weighted by Crippen LogP contribution is 2.24. The first-order chi connectivity index (χ1) is 9.97. The first-order valence-corrected chi connectivity index (χ1v) is 8.38. The normalized spacial score (nSPS) is 18.9. The summed E-state index contributed by atoms with van der Waals surface area (Å²) in [6, 6.07) is 1.97. The Labute approximate surface area is 130 Å². The molecular formula is C16H23NO3S. The molecule has 2 heterocycles. The third-order valence-corrected chi connectivity index (χ3v) is 4.69. The van der Waals surface area contributed by atoms with E-state index < -0.39 is 0 Å². The van der Waals surface area contributed by atoms with Gasteiger partial charge in [0.1, 0.15) is 0 Å².